The van der Waals surface area contributed by atoms with Crippen molar-refractivity contribution in [3.63, 3.8) is 0 Å². The summed E-state index contributed by atoms with van der Waals surface area (Å²) in [6.45, 7) is 2.21. The van der Waals surface area contributed by atoms with Gasteiger partial charge in [-0.3, -0.25) is 9.56 Å². The number of benzene rings is 1. The van der Waals surface area contributed by atoms with Gasteiger partial charge >= 0.3 is 0 Å². The Bertz CT molecular complexity index is 768. The highest BCUT2D eigenvalue weighted by atomic mass is 32.1. The minimum Gasteiger partial charge on any atom is -0.493 e. The van der Waals surface area contributed by atoms with Gasteiger partial charge in [0.05, 0.1) is 11.9 Å². The molecule has 0 unspecified atom stereocenters. The van der Waals surface area contributed by atoms with E-state index in [1.54, 1.807) is 6.21 Å². The molecule has 0 spiro atoms. The lowest BCUT2D eigenvalue weighted by atomic mass is 9.95. The van der Waals surface area contributed by atoms with Gasteiger partial charge in [0.15, 0.2) is 3.95 Å². The van der Waals surface area contributed by atoms with Crippen LogP contribution in [-0.2, 0) is 6.42 Å². The molecule has 1 aromatic carbocycles. The van der Waals surface area contributed by atoms with Crippen LogP contribution in [0.4, 0.5) is 5.69 Å². The van der Waals surface area contributed by atoms with E-state index in [1.165, 1.54) is 49.0 Å². The van der Waals surface area contributed by atoms with Crippen molar-refractivity contribution in [3.05, 3.63) is 38.7 Å². The molecule has 2 aromatic rings. The maximum atomic E-state index is 10.6. The van der Waals surface area contributed by atoms with Crippen LogP contribution in [0.25, 0.3) is 0 Å². The summed E-state index contributed by atoms with van der Waals surface area (Å²) in [5, 5.41) is 10.6. The fraction of sp³-hybridized carbons (Fsp3) is 0.500. The van der Waals surface area contributed by atoms with E-state index in [0.29, 0.717) is 6.04 Å². The number of hydrogen-bond donors (Lipinski definition) is 1. The highest BCUT2D eigenvalue weighted by Crippen LogP contribution is 2.36. The quantitative estimate of drug-likeness (QED) is 0.458. The molecular weight excluding hydrogens is 348 g/mol. The van der Waals surface area contributed by atoms with Crippen molar-refractivity contribution in [2.45, 2.75) is 64.3 Å². The van der Waals surface area contributed by atoms with Crippen LogP contribution in [0.3, 0.4) is 0 Å². The van der Waals surface area contributed by atoms with Gasteiger partial charge in [-0.2, -0.15) is 0 Å². The number of aliphatic imine (C=N–C) groups is 1. The summed E-state index contributed by atoms with van der Waals surface area (Å²) in [5.41, 5.74) is 2.26. The molecule has 1 heterocycles. The molecule has 0 amide bonds. The molecule has 1 saturated carbocycles. The summed E-state index contributed by atoms with van der Waals surface area (Å²) in [6, 6.07) is 8.69. The molecule has 1 aliphatic rings. The third-order valence-electron chi connectivity index (χ3n) is 4.87. The SMILES string of the molecule is CCCCc1ccc(N=Cc2sc(=S)n(C3CCCCC3)c2O)cc1. The smallest absolute Gasteiger partial charge is 0.212 e. The largest absolute Gasteiger partial charge is 0.493 e. The van der Waals surface area contributed by atoms with E-state index < -0.39 is 0 Å². The molecule has 0 aliphatic heterocycles. The predicted molar refractivity (Wildman–Crippen MR) is 109 cm³/mol. The van der Waals surface area contributed by atoms with Crippen molar-refractivity contribution in [2.75, 3.05) is 0 Å². The van der Waals surface area contributed by atoms with Crippen LogP contribution in [0.15, 0.2) is 29.3 Å². The monoisotopic (exact) mass is 374 g/mol. The van der Waals surface area contributed by atoms with E-state index in [4.69, 9.17) is 12.2 Å². The Morgan fingerprint density at radius 3 is 2.64 bits per heavy atom. The molecule has 0 atom stereocenters. The number of aryl methyl sites for hydroxylation is 1. The molecule has 3 rings (SSSR count). The van der Waals surface area contributed by atoms with E-state index >= 15 is 0 Å². The van der Waals surface area contributed by atoms with E-state index in [9.17, 15) is 5.11 Å². The Hall–Kier alpha value is -1.46. The lowest BCUT2D eigenvalue weighted by Crippen LogP contribution is -2.12. The first-order valence-electron chi connectivity index (χ1n) is 9.26. The van der Waals surface area contributed by atoms with Crippen LogP contribution < -0.4 is 0 Å². The van der Waals surface area contributed by atoms with E-state index in [2.05, 4.69) is 24.0 Å². The second kappa shape index (κ2) is 8.77. The summed E-state index contributed by atoms with van der Waals surface area (Å²) in [5.74, 6) is 0.283. The fourth-order valence-electron chi connectivity index (χ4n) is 3.40. The van der Waals surface area contributed by atoms with Crippen LogP contribution in [0.1, 0.15) is 68.4 Å². The zero-order valence-corrected chi connectivity index (χ0v) is 16.4. The van der Waals surface area contributed by atoms with Crippen molar-refractivity contribution >= 4 is 35.5 Å². The summed E-state index contributed by atoms with van der Waals surface area (Å²) in [6.07, 6.45) is 11.2. The van der Waals surface area contributed by atoms with E-state index in [1.807, 2.05) is 16.7 Å². The van der Waals surface area contributed by atoms with Gasteiger partial charge in [0.25, 0.3) is 0 Å². The Morgan fingerprint density at radius 1 is 1.24 bits per heavy atom. The van der Waals surface area contributed by atoms with Gasteiger partial charge in [-0.25, -0.2) is 0 Å². The van der Waals surface area contributed by atoms with Crippen LogP contribution in [0.5, 0.6) is 5.88 Å². The van der Waals surface area contributed by atoms with Crippen LogP contribution in [0, 0.1) is 3.95 Å². The number of nitrogens with zero attached hydrogens (tertiary/aromatic N) is 2. The van der Waals surface area contributed by atoms with Crippen LogP contribution in [0.2, 0.25) is 0 Å². The molecule has 3 nitrogen and oxygen atoms in total. The topological polar surface area (TPSA) is 37.5 Å². The highest BCUT2D eigenvalue weighted by Gasteiger charge is 2.21. The Kier molecular flexibility index (Phi) is 6.43. The number of aromatic nitrogens is 1. The second-order valence-electron chi connectivity index (χ2n) is 6.75. The molecule has 0 saturated heterocycles. The number of hydrogen-bond acceptors (Lipinski definition) is 4. The van der Waals surface area contributed by atoms with Gasteiger partial charge in [-0.15, -0.1) is 0 Å². The molecule has 134 valence electrons. The highest BCUT2D eigenvalue weighted by molar-refractivity contribution is 7.73. The predicted octanol–water partition coefficient (Wildman–Crippen LogP) is 6.58. The molecular formula is C20H26N2OS2. The Balaban J connectivity index is 1.74. The summed E-state index contributed by atoms with van der Waals surface area (Å²) in [4.78, 5) is 5.28. The lowest BCUT2D eigenvalue weighted by Gasteiger charge is -2.23. The number of rotatable bonds is 6. The van der Waals surface area contributed by atoms with Gasteiger partial charge in [-0.05, 0) is 55.6 Å². The maximum Gasteiger partial charge on any atom is 0.212 e. The van der Waals surface area contributed by atoms with Crippen molar-refractivity contribution in [1.29, 1.82) is 0 Å². The molecule has 0 bridgehead atoms. The normalized spacial score (nSPS) is 15.9. The van der Waals surface area contributed by atoms with Crippen LogP contribution in [-0.4, -0.2) is 15.9 Å². The summed E-state index contributed by atoms with van der Waals surface area (Å²) >= 11 is 6.94. The first-order valence-corrected chi connectivity index (χ1v) is 10.5. The second-order valence-corrected chi connectivity index (χ2v) is 8.42. The molecule has 5 heteroatoms. The van der Waals surface area contributed by atoms with Crippen LogP contribution >= 0.6 is 23.6 Å². The molecule has 0 radical (unpaired) electrons. The fourth-order valence-corrected chi connectivity index (χ4v) is 4.72. The van der Waals surface area contributed by atoms with Gasteiger partial charge in [0.1, 0.15) is 4.88 Å². The average molecular weight is 375 g/mol. The standard InChI is InChI=1S/C20H26N2OS2/c1-2-3-7-15-10-12-16(13-11-15)21-14-18-19(23)22(20(24)25-18)17-8-5-4-6-9-17/h10-14,17,23H,2-9H2,1H3. The van der Waals surface area contributed by atoms with Gasteiger partial charge < -0.3 is 5.11 Å². The lowest BCUT2D eigenvalue weighted by molar-refractivity contribution is 0.312. The molecule has 1 aromatic heterocycles. The number of thiazole rings is 1. The van der Waals surface area contributed by atoms with Gasteiger partial charge in [0, 0.05) is 6.04 Å². The van der Waals surface area contributed by atoms with Gasteiger partial charge in [0.2, 0.25) is 5.88 Å². The Morgan fingerprint density at radius 2 is 1.96 bits per heavy atom. The molecule has 1 fully saturated rings. The van der Waals surface area contributed by atoms with E-state index in [0.717, 1.165) is 33.8 Å². The zero-order chi connectivity index (χ0) is 17.6. The van der Waals surface area contributed by atoms with Crippen molar-refractivity contribution < 1.29 is 5.11 Å². The van der Waals surface area contributed by atoms with Crippen molar-refractivity contribution in [1.82, 2.24) is 4.57 Å². The van der Waals surface area contributed by atoms with Crippen molar-refractivity contribution in [3.8, 4) is 5.88 Å². The molecule has 1 N–H and O–H groups in total. The number of aromatic hydroxyl groups is 1. The minimum atomic E-state index is 0.283. The molecule has 25 heavy (non-hydrogen) atoms. The third-order valence-corrected chi connectivity index (χ3v) is 6.19. The summed E-state index contributed by atoms with van der Waals surface area (Å²) in [7, 11) is 0. The van der Waals surface area contributed by atoms with Crippen molar-refractivity contribution in [2.24, 2.45) is 4.99 Å². The molecule has 1 aliphatic carbocycles. The summed E-state index contributed by atoms with van der Waals surface area (Å²) < 4.78 is 2.69. The zero-order valence-electron chi connectivity index (χ0n) is 14.8. The average Bonchev–Trinajstić information content (AvgIpc) is 2.93. The number of unbranched alkanes of at least 4 members (excludes halogenated alkanes) is 1. The first-order chi connectivity index (χ1) is 12.2. The first kappa shape index (κ1) is 18.3. The minimum absolute atomic E-state index is 0.283. The van der Waals surface area contributed by atoms with Gasteiger partial charge in [-0.1, -0.05) is 56.1 Å². The van der Waals surface area contributed by atoms with E-state index in [-0.39, 0.29) is 5.88 Å². The Labute approximate surface area is 159 Å². The third kappa shape index (κ3) is 4.59. The maximum absolute atomic E-state index is 10.6.